The highest BCUT2D eigenvalue weighted by Gasteiger charge is 2.19. The van der Waals surface area contributed by atoms with Crippen molar-refractivity contribution in [2.75, 3.05) is 19.6 Å². The summed E-state index contributed by atoms with van der Waals surface area (Å²) in [7, 11) is 0. The Bertz CT molecular complexity index is 384. The van der Waals surface area contributed by atoms with Crippen molar-refractivity contribution in [2.24, 2.45) is 0 Å². The summed E-state index contributed by atoms with van der Waals surface area (Å²) in [5, 5.41) is 4.14. The van der Waals surface area contributed by atoms with E-state index in [-0.39, 0.29) is 30.7 Å². The van der Waals surface area contributed by atoms with Crippen molar-refractivity contribution in [3.8, 4) is 0 Å². The van der Waals surface area contributed by atoms with Gasteiger partial charge in [0.15, 0.2) is 0 Å². The zero-order valence-corrected chi connectivity index (χ0v) is 12.3. The highest BCUT2D eigenvalue weighted by atomic mass is 35.5. The molecule has 4 nitrogen and oxygen atoms in total. The highest BCUT2D eigenvalue weighted by Crippen LogP contribution is 2.19. The van der Waals surface area contributed by atoms with Crippen LogP contribution in [-0.2, 0) is 11.3 Å². The quantitative estimate of drug-likeness (QED) is 0.901. The SMILES string of the molecule is Cc1nc(C)c(CN2CCNCC2=O)s1.Cl.Cl. The fraction of sp³-hybridized carbons (Fsp3) is 0.600. The van der Waals surface area contributed by atoms with Crippen molar-refractivity contribution >= 4 is 42.1 Å². The average Bonchev–Trinajstić information content (AvgIpc) is 2.49. The van der Waals surface area contributed by atoms with Crippen molar-refractivity contribution in [1.82, 2.24) is 15.2 Å². The molecule has 0 saturated carbocycles. The van der Waals surface area contributed by atoms with Crippen LogP contribution in [0.5, 0.6) is 0 Å². The van der Waals surface area contributed by atoms with Crippen LogP contribution < -0.4 is 5.32 Å². The van der Waals surface area contributed by atoms with Gasteiger partial charge >= 0.3 is 0 Å². The third-order valence-electron chi connectivity index (χ3n) is 2.52. The number of rotatable bonds is 2. The van der Waals surface area contributed by atoms with Crippen LogP contribution in [0.15, 0.2) is 0 Å². The van der Waals surface area contributed by atoms with Gasteiger partial charge in [-0.2, -0.15) is 0 Å². The summed E-state index contributed by atoms with van der Waals surface area (Å²) in [5.74, 6) is 0.187. The molecule has 0 atom stereocenters. The second-order valence-corrected chi connectivity index (χ2v) is 5.02. The van der Waals surface area contributed by atoms with E-state index in [4.69, 9.17) is 0 Å². The van der Waals surface area contributed by atoms with Gasteiger partial charge < -0.3 is 10.2 Å². The van der Waals surface area contributed by atoms with Gasteiger partial charge in [0, 0.05) is 18.0 Å². The van der Waals surface area contributed by atoms with Crippen LogP contribution in [0.4, 0.5) is 0 Å². The molecule has 1 fully saturated rings. The molecule has 1 aliphatic heterocycles. The van der Waals surface area contributed by atoms with Crippen LogP contribution in [0, 0.1) is 13.8 Å². The summed E-state index contributed by atoms with van der Waals surface area (Å²) < 4.78 is 0. The number of nitrogens with one attached hydrogen (secondary N) is 1. The van der Waals surface area contributed by atoms with E-state index in [1.807, 2.05) is 18.7 Å². The first-order valence-electron chi connectivity index (χ1n) is 5.08. The Kier molecular flexibility index (Phi) is 7.01. The predicted octanol–water partition coefficient (Wildman–Crippen LogP) is 1.54. The fourth-order valence-corrected chi connectivity index (χ4v) is 2.66. The molecule has 1 aromatic heterocycles. The largest absolute Gasteiger partial charge is 0.335 e. The van der Waals surface area contributed by atoms with Gasteiger partial charge in [0.25, 0.3) is 0 Å². The van der Waals surface area contributed by atoms with Crippen molar-refractivity contribution < 1.29 is 4.79 Å². The smallest absolute Gasteiger partial charge is 0.236 e. The molecule has 1 aliphatic rings. The molecule has 0 radical (unpaired) electrons. The first-order valence-corrected chi connectivity index (χ1v) is 5.90. The Hall–Kier alpha value is -0.360. The minimum absolute atomic E-state index is 0. The standard InChI is InChI=1S/C10H15N3OS.2ClH/c1-7-9(15-8(2)12-7)6-13-4-3-11-5-10(13)14;;/h11H,3-6H2,1-2H3;2*1H. The van der Waals surface area contributed by atoms with E-state index in [0.29, 0.717) is 6.54 Å². The Morgan fingerprint density at radius 3 is 2.65 bits per heavy atom. The number of thiazole rings is 1. The van der Waals surface area contributed by atoms with Gasteiger partial charge in [0.05, 0.1) is 23.8 Å². The molecule has 0 bridgehead atoms. The number of hydrogen-bond donors (Lipinski definition) is 1. The molecule has 0 aliphatic carbocycles. The Morgan fingerprint density at radius 1 is 1.41 bits per heavy atom. The number of piperazine rings is 1. The molecule has 0 spiro atoms. The van der Waals surface area contributed by atoms with Gasteiger partial charge in [-0.25, -0.2) is 4.98 Å². The molecule has 0 aromatic carbocycles. The first-order chi connectivity index (χ1) is 7.16. The topological polar surface area (TPSA) is 45.2 Å². The molecule has 1 N–H and O–H groups in total. The van der Waals surface area contributed by atoms with Crippen LogP contribution in [0.25, 0.3) is 0 Å². The van der Waals surface area contributed by atoms with Crippen molar-refractivity contribution in [2.45, 2.75) is 20.4 Å². The molecule has 7 heteroatoms. The summed E-state index contributed by atoms with van der Waals surface area (Å²) in [6.45, 7) is 6.89. The number of carbonyl (C=O) groups is 1. The second kappa shape index (κ2) is 7.16. The lowest BCUT2D eigenvalue weighted by Crippen LogP contribution is -2.47. The molecule has 2 rings (SSSR count). The molecule has 0 unspecified atom stereocenters. The monoisotopic (exact) mass is 297 g/mol. The third kappa shape index (κ3) is 4.10. The van der Waals surface area contributed by atoms with E-state index in [2.05, 4.69) is 10.3 Å². The Balaban J connectivity index is 0.00000128. The molecule has 1 amide bonds. The van der Waals surface area contributed by atoms with E-state index in [0.717, 1.165) is 30.3 Å². The minimum Gasteiger partial charge on any atom is -0.335 e. The van der Waals surface area contributed by atoms with Crippen molar-refractivity contribution in [3.63, 3.8) is 0 Å². The van der Waals surface area contributed by atoms with Crippen LogP contribution in [-0.4, -0.2) is 35.4 Å². The van der Waals surface area contributed by atoms with Gasteiger partial charge in [-0.1, -0.05) is 0 Å². The Labute approximate surface area is 118 Å². The zero-order valence-electron chi connectivity index (χ0n) is 9.86. The molecule has 1 aromatic rings. The third-order valence-corrected chi connectivity index (χ3v) is 3.58. The predicted molar refractivity (Wildman–Crippen MR) is 74.4 cm³/mol. The number of nitrogens with zero attached hydrogens (tertiary/aromatic N) is 2. The normalized spacial score (nSPS) is 15.2. The van der Waals surface area contributed by atoms with Crippen LogP contribution in [0.1, 0.15) is 15.6 Å². The molecule has 1 saturated heterocycles. The molecule has 17 heavy (non-hydrogen) atoms. The maximum absolute atomic E-state index is 11.6. The number of halogens is 2. The lowest BCUT2D eigenvalue weighted by molar-refractivity contribution is -0.132. The lowest BCUT2D eigenvalue weighted by atomic mass is 10.3. The van der Waals surface area contributed by atoms with Crippen molar-refractivity contribution in [1.29, 1.82) is 0 Å². The average molecular weight is 298 g/mol. The van der Waals surface area contributed by atoms with Crippen molar-refractivity contribution in [3.05, 3.63) is 15.6 Å². The number of amides is 1. The highest BCUT2D eigenvalue weighted by molar-refractivity contribution is 7.11. The molecular weight excluding hydrogens is 281 g/mol. The number of aryl methyl sites for hydroxylation is 2. The first kappa shape index (κ1) is 16.6. The van der Waals surface area contributed by atoms with E-state index < -0.39 is 0 Å². The number of aromatic nitrogens is 1. The van der Waals surface area contributed by atoms with Crippen LogP contribution >= 0.6 is 36.2 Å². The number of hydrogen-bond acceptors (Lipinski definition) is 4. The summed E-state index contributed by atoms with van der Waals surface area (Å²) in [5.41, 5.74) is 1.06. The summed E-state index contributed by atoms with van der Waals surface area (Å²) in [6, 6.07) is 0. The second-order valence-electron chi connectivity index (χ2n) is 3.73. The van der Waals surface area contributed by atoms with Crippen LogP contribution in [0.3, 0.4) is 0 Å². The number of carbonyl (C=O) groups excluding carboxylic acids is 1. The van der Waals surface area contributed by atoms with Gasteiger partial charge in [0.1, 0.15) is 0 Å². The van der Waals surface area contributed by atoms with E-state index >= 15 is 0 Å². The summed E-state index contributed by atoms with van der Waals surface area (Å²) in [6.07, 6.45) is 0. The minimum atomic E-state index is 0. The Morgan fingerprint density at radius 2 is 2.12 bits per heavy atom. The molecule has 98 valence electrons. The van der Waals surface area contributed by atoms with Gasteiger partial charge in [-0.3, -0.25) is 4.79 Å². The lowest BCUT2D eigenvalue weighted by Gasteiger charge is -2.26. The van der Waals surface area contributed by atoms with Gasteiger partial charge in [0.2, 0.25) is 5.91 Å². The van der Waals surface area contributed by atoms with E-state index in [1.165, 1.54) is 4.88 Å². The maximum atomic E-state index is 11.6. The zero-order chi connectivity index (χ0) is 10.8. The molecule has 2 heterocycles. The van der Waals surface area contributed by atoms with Gasteiger partial charge in [-0.05, 0) is 13.8 Å². The van der Waals surface area contributed by atoms with E-state index in [9.17, 15) is 4.79 Å². The maximum Gasteiger partial charge on any atom is 0.236 e. The van der Waals surface area contributed by atoms with Crippen LogP contribution in [0.2, 0.25) is 0 Å². The fourth-order valence-electron chi connectivity index (χ4n) is 1.71. The summed E-state index contributed by atoms with van der Waals surface area (Å²) in [4.78, 5) is 19.0. The van der Waals surface area contributed by atoms with E-state index in [1.54, 1.807) is 11.3 Å². The summed E-state index contributed by atoms with van der Waals surface area (Å²) >= 11 is 1.68. The molecular formula is C10H17Cl2N3OS. The van der Waals surface area contributed by atoms with Gasteiger partial charge in [-0.15, -0.1) is 36.2 Å².